The van der Waals surface area contributed by atoms with Crippen molar-refractivity contribution in [2.24, 2.45) is 0 Å². The van der Waals surface area contributed by atoms with Crippen molar-refractivity contribution in [1.29, 1.82) is 0 Å². The Balaban J connectivity index is 2.45. The molecule has 1 saturated heterocycles. The van der Waals surface area contributed by atoms with Crippen LogP contribution in [0.3, 0.4) is 0 Å². The second-order valence-electron chi connectivity index (χ2n) is 4.39. The minimum Gasteiger partial charge on any atom is -0.383 e. The number of anilines is 1. The minimum absolute atomic E-state index is 0.116. The van der Waals surface area contributed by atoms with Crippen molar-refractivity contribution in [2.75, 3.05) is 19.0 Å². The Morgan fingerprint density at radius 2 is 1.95 bits per heavy atom. The fourth-order valence-corrected chi connectivity index (χ4v) is 1.94. The van der Waals surface area contributed by atoms with Gasteiger partial charge in [0.25, 0.3) is 11.8 Å². The molecule has 1 heterocycles. The van der Waals surface area contributed by atoms with Crippen LogP contribution < -0.4 is 10.2 Å². The molecule has 0 radical (unpaired) electrons. The Morgan fingerprint density at radius 1 is 1.25 bits per heavy atom. The second-order valence-corrected chi connectivity index (χ2v) is 4.82. The molecule has 1 aromatic rings. The maximum absolute atomic E-state index is 12.3. The smallest absolute Gasteiger partial charge is 0.335 e. The molecular formula is C13H12ClN3O3. The first-order valence-corrected chi connectivity index (χ1v) is 6.11. The quantitative estimate of drug-likeness (QED) is 0.660. The van der Waals surface area contributed by atoms with Gasteiger partial charge in [-0.05, 0) is 18.2 Å². The number of hydrogen-bond donors (Lipinski definition) is 1. The molecule has 1 fully saturated rings. The average Bonchev–Trinajstić information content (AvgIpc) is 2.34. The molecule has 0 unspecified atom stereocenters. The van der Waals surface area contributed by atoms with Crippen molar-refractivity contribution in [3.63, 3.8) is 0 Å². The highest BCUT2D eigenvalue weighted by Gasteiger charge is 2.37. The number of nitrogens with one attached hydrogen (secondary N) is 1. The fourth-order valence-electron chi connectivity index (χ4n) is 1.75. The standard InChI is InChI=1S/C13H12ClN3O3/c1-16(2)7-10-11(18)15-13(20)17(12(10)19)9-5-3-4-8(14)6-9/h3-7H,1-2H3,(H,15,18,20). The third-order valence-corrected chi connectivity index (χ3v) is 2.79. The number of nitrogens with zero attached hydrogens (tertiary/aromatic N) is 2. The summed E-state index contributed by atoms with van der Waals surface area (Å²) >= 11 is 5.85. The Labute approximate surface area is 120 Å². The van der Waals surface area contributed by atoms with Gasteiger partial charge in [0.2, 0.25) is 0 Å². The predicted octanol–water partition coefficient (Wildman–Crippen LogP) is 1.37. The van der Waals surface area contributed by atoms with E-state index in [2.05, 4.69) is 5.32 Å². The summed E-state index contributed by atoms with van der Waals surface area (Å²) in [5.41, 5.74) is 0.187. The van der Waals surface area contributed by atoms with E-state index in [-0.39, 0.29) is 5.57 Å². The Hall–Kier alpha value is -2.34. The van der Waals surface area contributed by atoms with E-state index >= 15 is 0 Å². The third-order valence-electron chi connectivity index (χ3n) is 2.56. The number of carbonyl (C=O) groups is 3. The lowest BCUT2D eigenvalue weighted by molar-refractivity contribution is -0.122. The predicted molar refractivity (Wildman–Crippen MR) is 74.2 cm³/mol. The van der Waals surface area contributed by atoms with Gasteiger partial charge < -0.3 is 4.90 Å². The summed E-state index contributed by atoms with van der Waals surface area (Å²) in [4.78, 5) is 38.3. The molecule has 0 spiro atoms. The molecule has 20 heavy (non-hydrogen) atoms. The molecule has 104 valence electrons. The second kappa shape index (κ2) is 5.34. The summed E-state index contributed by atoms with van der Waals surface area (Å²) in [6.45, 7) is 0. The highest BCUT2D eigenvalue weighted by Crippen LogP contribution is 2.23. The molecule has 0 atom stereocenters. The Morgan fingerprint density at radius 3 is 2.55 bits per heavy atom. The molecule has 1 aliphatic rings. The van der Waals surface area contributed by atoms with Crippen LogP contribution in [0, 0.1) is 0 Å². The van der Waals surface area contributed by atoms with Gasteiger partial charge in [0, 0.05) is 25.3 Å². The molecule has 4 amide bonds. The molecule has 2 rings (SSSR count). The van der Waals surface area contributed by atoms with Gasteiger partial charge in [0.1, 0.15) is 5.57 Å². The Kier molecular flexibility index (Phi) is 3.76. The van der Waals surface area contributed by atoms with Crippen LogP contribution in [-0.4, -0.2) is 36.8 Å². The van der Waals surface area contributed by atoms with E-state index in [4.69, 9.17) is 11.6 Å². The van der Waals surface area contributed by atoms with Gasteiger partial charge in [0.05, 0.1) is 5.69 Å². The van der Waals surface area contributed by atoms with Crippen LogP contribution in [0.5, 0.6) is 0 Å². The van der Waals surface area contributed by atoms with E-state index in [1.807, 2.05) is 0 Å². The average molecular weight is 294 g/mol. The normalized spacial score (nSPS) is 17.4. The van der Waals surface area contributed by atoms with Crippen LogP contribution in [0.4, 0.5) is 10.5 Å². The molecule has 1 aliphatic heterocycles. The lowest BCUT2D eigenvalue weighted by Gasteiger charge is -2.26. The van der Waals surface area contributed by atoms with Gasteiger partial charge >= 0.3 is 6.03 Å². The van der Waals surface area contributed by atoms with Crippen molar-refractivity contribution in [3.8, 4) is 0 Å². The van der Waals surface area contributed by atoms with E-state index in [1.54, 1.807) is 37.2 Å². The number of urea groups is 1. The molecule has 0 aliphatic carbocycles. The van der Waals surface area contributed by atoms with Gasteiger partial charge in [-0.3, -0.25) is 14.9 Å². The first-order chi connectivity index (χ1) is 9.40. The highest BCUT2D eigenvalue weighted by atomic mass is 35.5. The first-order valence-electron chi connectivity index (χ1n) is 5.73. The number of carbonyl (C=O) groups excluding carboxylic acids is 3. The molecule has 6 nitrogen and oxygen atoms in total. The Bertz CT molecular complexity index is 625. The number of imide groups is 2. The number of benzene rings is 1. The van der Waals surface area contributed by atoms with Crippen molar-refractivity contribution in [3.05, 3.63) is 41.1 Å². The fraction of sp³-hybridized carbons (Fsp3) is 0.154. The molecule has 1 N–H and O–H groups in total. The SMILES string of the molecule is CN(C)C=C1C(=O)NC(=O)N(c2cccc(Cl)c2)C1=O. The molecule has 0 bridgehead atoms. The largest absolute Gasteiger partial charge is 0.383 e. The molecule has 7 heteroatoms. The maximum Gasteiger partial charge on any atom is 0.335 e. The van der Waals surface area contributed by atoms with Crippen molar-refractivity contribution < 1.29 is 14.4 Å². The zero-order valence-electron chi connectivity index (χ0n) is 10.9. The lowest BCUT2D eigenvalue weighted by Crippen LogP contribution is -2.54. The van der Waals surface area contributed by atoms with E-state index in [9.17, 15) is 14.4 Å². The zero-order valence-corrected chi connectivity index (χ0v) is 11.6. The lowest BCUT2D eigenvalue weighted by atomic mass is 10.1. The van der Waals surface area contributed by atoms with Crippen LogP contribution >= 0.6 is 11.6 Å². The van der Waals surface area contributed by atoms with E-state index in [1.165, 1.54) is 12.3 Å². The molecule has 0 saturated carbocycles. The summed E-state index contributed by atoms with van der Waals surface area (Å²) < 4.78 is 0. The number of amides is 4. The molecular weight excluding hydrogens is 282 g/mol. The van der Waals surface area contributed by atoms with Crippen molar-refractivity contribution >= 4 is 35.1 Å². The van der Waals surface area contributed by atoms with Gasteiger partial charge in [-0.1, -0.05) is 17.7 Å². The van der Waals surface area contributed by atoms with Crippen molar-refractivity contribution in [2.45, 2.75) is 0 Å². The van der Waals surface area contributed by atoms with Gasteiger partial charge in [-0.15, -0.1) is 0 Å². The zero-order chi connectivity index (χ0) is 14.9. The van der Waals surface area contributed by atoms with E-state index < -0.39 is 17.8 Å². The van der Waals surface area contributed by atoms with Gasteiger partial charge in [0.15, 0.2) is 0 Å². The minimum atomic E-state index is -0.793. The van der Waals surface area contributed by atoms with Crippen LogP contribution in [0.15, 0.2) is 36.0 Å². The number of rotatable bonds is 2. The molecule has 1 aromatic carbocycles. The van der Waals surface area contributed by atoms with Crippen LogP contribution in [-0.2, 0) is 9.59 Å². The van der Waals surface area contributed by atoms with Crippen molar-refractivity contribution in [1.82, 2.24) is 10.2 Å². The van der Waals surface area contributed by atoms with Crippen LogP contribution in [0.1, 0.15) is 0 Å². The number of hydrogen-bond acceptors (Lipinski definition) is 4. The topological polar surface area (TPSA) is 69.7 Å². The third kappa shape index (κ3) is 2.65. The maximum atomic E-state index is 12.3. The molecule has 0 aromatic heterocycles. The first kappa shape index (κ1) is 14.1. The number of barbiturate groups is 1. The number of halogens is 1. The van der Waals surface area contributed by atoms with Gasteiger partial charge in [-0.2, -0.15) is 0 Å². The summed E-state index contributed by atoms with van der Waals surface area (Å²) in [6, 6.07) is 5.48. The highest BCUT2D eigenvalue weighted by molar-refractivity contribution is 6.38. The summed E-state index contributed by atoms with van der Waals surface area (Å²) in [6.07, 6.45) is 1.36. The summed E-state index contributed by atoms with van der Waals surface area (Å²) in [7, 11) is 3.35. The summed E-state index contributed by atoms with van der Waals surface area (Å²) in [5, 5.41) is 2.51. The summed E-state index contributed by atoms with van der Waals surface area (Å²) in [5.74, 6) is -1.40. The van der Waals surface area contributed by atoms with E-state index in [0.29, 0.717) is 10.7 Å². The van der Waals surface area contributed by atoms with Crippen LogP contribution in [0.2, 0.25) is 5.02 Å². The van der Waals surface area contributed by atoms with Crippen LogP contribution in [0.25, 0.3) is 0 Å². The monoisotopic (exact) mass is 293 g/mol. The van der Waals surface area contributed by atoms with Gasteiger partial charge in [-0.25, -0.2) is 9.69 Å². The van der Waals surface area contributed by atoms with E-state index in [0.717, 1.165) is 4.90 Å².